The number of nitrogens with one attached hydrogen (secondary N) is 1. The van der Waals surface area contributed by atoms with Gasteiger partial charge in [0.15, 0.2) is 0 Å². The molecule has 156 valence electrons. The predicted octanol–water partition coefficient (Wildman–Crippen LogP) is 3.89. The Morgan fingerprint density at radius 1 is 1.14 bits per heavy atom. The Morgan fingerprint density at radius 2 is 1.86 bits per heavy atom. The van der Waals surface area contributed by atoms with E-state index in [1.807, 2.05) is 0 Å². The summed E-state index contributed by atoms with van der Waals surface area (Å²) in [7, 11) is 0. The van der Waals surface area contributed by atoms with Crippen molar-refractivity contribution in [3.8, 4) is 0 Å². The molecule has 0 aromatic heterocycles. The van der Waals surface area contributed by atoms with Gasteiger partial charge in [0.05, 0.1) is 6.10 Å². The molecule has 5 heteroatoms. The van der Waals surface area contributed by atoms with Gasteiger partial charge in [-0.2, -0.15) is 0 Å². The Morgan fingerprint density at radius 3 is 2.50 bits per heavy atom. The summed E-state index contributed by atoms with van der Waals surface area (Å²) < 4.78 is 5.83. The van der Waals surface area contributed by atoms with Gasteiger partial charge in [-0.1, -0.05) is 29.8 Å². The number of amides is 1. The van der Waals surface area contributed by atoms with E-state index in [9.17, 15) is 4.79 Å². The Labute approximate surface area is 175 Å². The second-order valence-electron chi connectivity index (χ2n) is 8.89. The van der Waals surface area contributed by atoms with Crippen LogP contribution in [-0.2, 0) is 16.0 Å². The molecule has 28 heavy (non-hydrogen) atoms. The average Bonchev–Trinajstić information content (AvgIpc) is 3.29. The standard InChI is InChI=1S/C23H34N2O2.ClH/c1-17-4-6-18(7-5-17)10-11-25(16-22-3-2-12-27-22)23(26)15-19-13-20-8-9-21(14-19)24-20;/h4-7,19-22,24H,2-3,8-16H2,1H3;1H. The second-order valence-corrected chi connectivity index (χ2v) is 8.89. The van der Waals surface area contributed by atoms with Gasteiger partial charge in [-0.3, -0.25) is 4.79 Å². The minimum atomic E-state index is 0. The van der Waals surface area contributed by atoms with Crippen LogP contribution in [0.15, 0.2) is 24.3 Å². The van der Waals surface area contributed by atoms with E-state index in [0.29, 0.717) is 23.9 Å². The molecule has 4 rings (SSSR count). The number of aryl methyl sites for hydroxylation is 1. The summed E-state index contributed by atoms with van der Waals surface area (Å²) in [4.78, 5) is 15.3. The number of nitrogens with zero attached hydrogens (tertiary/aromatic N) is 1. The van der Waals surface area contributed by atoms with Gasteiger partial charge in [0.1, 0.15) is 0 Å². The van der Waals surface area contributed by atoms with Crippen molar-refractivity contribution < 1.29 is 9.53 Å². The van der Waals surface area contributed by atoms with Gasteiger partial charge in [-0.25, -0.2) is 0 Å². The molecule has 0 aliphatic carbocycles. The molecular weight excluding hydrogens is 372 g/mol. The monoisotopic (exact) mass is 406 g/mol. The van der Waals surface area contributed by atoms with E-state index < -0.39 is 0 Å². The van der Waals surface area contributed by atoms with Crippen molar-refractivity contribution in [2.24, 2.45) is 5.92 Å². The molecule has 3 atom stereocenters. The van der Waals surface area contributed by atoms with E-state index in [4.69, 9.17) is 4.74 Å². The van der Waals surface area contributed by atoms with Gasteiger partial charge in [-0.05, 0) is 63.4 Å². The van der Waals surface area contributed by atoms with Crippen molar-refractivity contribution in [3.05, 3.63) is 35.4 Å². The van der Waals surface area contributed by atoms with Crippen LogP contribution in [-0.4, -0.2) is 48.7 Å². The number of benzene rings is 1. The van der Waals surface area contributed by atoms with Gasteiger partial charge in [0.2, 0.25) is 5.91 Å². The fraction of sp³-hybridized carbons (Fsp3) is 0.696. The van der Waals surface area contributed by atoms with Crippen molar-refractivity contribution in [2.45, 2.75) is 76.5 Å². The Kier molecular flexibility index (Phi) is 7.78. The van der Waals surface area contributed by atoms with E-state index in [-0.39, 0.29) is 18.5 Å². The summed E-state index contributed by atoms with van der Waals surface area (Å²) in [5, 5.41) is 3.69. The van der Waals surface area contributed by atoms with E-state index in [0.717, 1.165) is 45.4 Å². The molecular formula is C23H35ClN2O2. The third kappa shape index (κ3) is 5.71. The molecule has 1 aromatic carbocycles. The average molecular weight is 407 g/mol. The van der Waals surface area contributed by atoms with Crippen molar-refractivity contribution in [1.29, 1.82) is 0 Å². The molecule has 3 fully saturated rings. The van der Waals surface area contributed by atoms with Crippen LogP contribution >= 0.6 is 12.4 Å². The number of rotatable bonds is 7. The summed E-state index contributed by atoms with van der Waals surface area (Å²) in [6.07, 6.45) is 9.03. The van der Waals surface area contributed by atoms with Crippen LogP contribution < -0.4 is 5.32 Å². The zero-order valence-electron chi connectivity index (χ0n) is 17.1. The van der Waals surface area contributed by atoms with Crippen molar-refractivity contribution in [1.82, 2.24) is 10.2 Å². The first-order valence-electron chi connectivity index (χ1n) is 10.9. The lowest BCUT2D eigenvalue weighted by molar-refractivity contribution is -0.134. The fourth-order valence-corrected chi connectivity index (χ4v) is 5.09. The summed E-state index contributed by atoms with van der Waals surface area (Å²) >= 11 is 0. The van der Waals surface area contributed by atoms with E-state index in [1.54, 1.807) is 0 Å². The molecule has 3 saturated heterocycles. The van der Waals surface area contributed by atoms with Crippen LogP contribution in [0.5, 0.6) is 0 Å². The van der Waals surface area contributed by atoms with Gasteiger partial charge < -0.3 is 15.0 Å². The molecule has 4 nitrogen and oxygen atoms in total. The van der Waals surface area contributed by atoms with Gasteiger partial charge in [-0.15, -0.1) is 12.4 Å². The molecule has 0 saturated carbocycles. The third-order valence-corrected chi connectivity index (χ3v) is 6.63. The number of carbonyl (C=O) groups is 1. The first-order chi connectivity index (χ1) is 13.2. The molecule has 1 amide bonds. The highest BCUT2D eigenvalue weighted by molar-refractivity contribution is 5.85. The molecule has 0 radical (unpaired) electrons. The minimum Gasteiger partial charge on any atom is -0.376 e. The highest BCUT2D eigenvalue weighted by Crippen LogP contribution is 2.33. The van der Waals surface area contributed by atoms with Crippen molar-refractivity contribution in [3.63, 3.8) is 0 Å². The second kappa shape index (κ2) is 10.1. The maximum atomic E-state index is 13.2. The molecule has 1 N–H and O–H groups in total. The first-order valence-corrected chi connectivity index (χ1v) is 10.9. The Bertz CT molecular complexity index is 618. The number of hydrogen-bond donors (Lipinski definition) is 1. The smallest absolute Gasteiger partial charge is 0.222 e. The normalized spacial score (nSPS) is 28.8. The molecule has 3 aliphatic heterocycles. The summed E-state index contributed by atoms with van der Waals surface area (Å²) in [5.74, 6) is 0.895. The molecule has 0 spiro atoms. The zero-order valence-corrected chi connectivity index (χ0v) is 17.9. The quantitative estimate of drug-likeness (QED) is 0.746. The van der Waals surface area contributed by atoms with Crippen molar-refractivity contribution in [2.75, 3.05) is 19.7 Å². The number of ether oxygens (including phenoxy) is 1. The number of fused-ring (bicyclic) bond motifs is 2. The summed E-state index contributed by atoms with van der Waals surface area (Å²) in [5.41, 5.74) is 2.59. The van der Waals surface area contributed by atoms with Gasteiger partial charge in [0.25, 0.3) is 0 Å². The van der Waals surface area contributed by atoms with Crippen LogP contribution in [0.25, 0.3) is 0 Å². The number of halogens is 1. The molecule has 3 heterocycles. The molecule has 2 bridgehead atoms. The van der Waals surface area contributed by atoms with Crippen molar-refractivity contribution >= 4 is 18.3 Å². The number of carbonyl (C=O) groups excluding carboxylic acids is 1. The lowest BCUT2D eigenvalue weighted by Crippen LogP contribution is -2.42. The van der Waals surface area contributed by atoms with E-state index in [1.165, 1.54) is 36.8 Å². The highest BCUT2D eigenvalue weighted by atomic mass is 35.5. The van der Waals surface area contributed by atoms with Crippen LogP contribution in [0.2, 0.25) is 0 Å². The zero-order chi connectivity index (χ0) is 18.6. The topological polar surface area (TPSA) is 41.6 Å². The number of piperidine rings is 1. The fourth-order valence-electron chi connectivity index (χ4n) is 5.09. The molecule has 1 aromatic rings. The summed E-state index contributed by atoms with van der Waals surface area (Å²) in [6, 6.07) is 10.0. The Balaban J connectivity index is 0.00000225. The van der Waals surface area contributed by atoms with Crippen LogP contribution in [0.1, 0.15) is 56.1 Å². The molecule has 3 aliphatic rings. The highest BCUT2D eigenvalue weighted by Gasteiger charge is 2.35. The lowest BCUT2D eigenvalue weighted by atomic mass is 9.89. The van der Waals surface area contributed by atoms with E-state index in [2.05, 4.69) is 41.4 Å². The third-order valence-electron chi connectivity index (χ3n) is 6.63. The maximum absolute atomic E-state index is 13.2. The van der Waals surface area contributed by atoms with Crippen LogP contribution in [0, 0.1) is 12.8 Å². The summed E-state index contributed by atoms with van der Waals surface area (Å²) in [6.45, 7) is 4.54. The van der Waals surface area contributed by atoms with Gasteiger partial charge in [0, 0.05) is 38.2 Å². The predicted molar refractivity (Wildman–Crippen MR) is 115 cm³/mol. The first kappa shape index (κ1) is 21.6. The number of hydrogen-bond acceptors (Lipinski definition) is 3. The van der Waals surface area contributed by atoms with Crippen LogP contribution in [0.4, 0.5) is 0 Å². The SMILES string of the molecule is Cc1ccc(CCN(CC2CCCO2)C(=O)CC2CC3CCC(C2)N3)cc1.Cl. The lowest BCUT2D eigenvalue weighted by Gasteiger charge is -2.31. The largest absolute Gasteiger partial charge is 0.376 e. The van der Waals surface area contributed by atoms with E-state index >= 15 is 0 Å². The van der Waals surface area contributed by atoms with Gasteiger partial charge >= 0.3 is 0 Å². The molecule has 3 unspecified atom stereocenters. The van der Waals surface area contributed by atoms with Crippen LogP contribution in [0.3, 0.4) is 0 Å². The minimum absolute atomic E-state index is 0. The maximum Gasteiger partial charge on any atom is 0.222 e. The Hall–Kier alpha value is -1.10.